The zero-order chi connectivity index (χ0) is 20.1. The minimum absolute atomic E-state index is 0.0389. The minimum atomic E-state index is -1.53. The molecule has 3 N–H and O–H groups in total. The number of amides is 1. The monoisotopic (exact) mass is 410 g/mol. The van der Waals surface area contributed by atoms with Gasteiger partial charge in [0.25, 0.3) is 11.9 Å². The summed E-state index contributed by atoms with van der Waals surface area (Å²) >= 11 is 5.62. The molecule has 1 aliphatic carbocycles. The van der Waals surface area contributed by atoms with Crippen LogP contribution in [0.5, 0.6) is 0 Å². The number of nitrogens with zero attached hydrogens (tertiary/aromatic N) is 2. The Morgan fingerprint density at radius 3 is 2.86 bits per heavy atom. The Bertz CT molecular complexity index is 1000. The number of nitrogens with one attached hydrogen (secondary N) is 1. The predicted molar refractivity (Wildman–Crippen MR) is 95.8 cm³/mol. The third-order valence-electron chi connectivity index (χ3n) is 4.84. The second kappa shape index (κ2) is 6.66. The van der Waals surface area contributed by atoms with Crippen LogP contribution in [0.1, 0.15) is 22.5 Å². The highest BCUT2D eigenvalue weighted by molar-refractivity contribution is 6.30. The first kappa shape index (κ1) is 18.5. The highest BCUT2D eigenvalue weighted by Gasteiger charge is 2.60. The van der Waals surface area contributed by atoms with Crippen molar-refractivity contribution in [3.05, 3.63) is 58.4 Å². The lowest BCUT2D eigenvalue weighted by molar-refractivity contribution is 0.101. The Hall–Kier alpha value is -2.81. The van der Waals surface area contributed by atoms with E-state index in [2.05, 4.69) is 15.3 Å². The van der Waals surface area contributed by atoms with Crippen LogP contribution in [0.25, 0.3) is 0 Å². The smallest absolute Gasteiger partial charge is 0.283 e. The molecule has 28 heavy (non-hydrogen) atoms. The van der Waals surface area contributed by atoms with Crippen molar-refractivity contribution in [3.63, 3.8) is 0 Å². The lowest BCUT2D eigenvalue weighted by atomic mass is 9.85. The predicted octanol–water partition coefficient (Wildman–Crippen LogP) is 3.16. The molecule has 1 fully saturated rings. The van der Waals surface area contributed by atoms with Crippen LogP contribution in [0.15, 0.2) is 35.5 Å². The van der Waals surface area contributed by atoms with E-state index >= 15 is 0 Å². The molecule has 0 saturated heterocycles. The van der Waals surface area contributed by atoms with Gasteiger partial charge in [-0.2, -0.15) is 0 Å². The molecule has 1 aromatic heterocycles. The van der Waals surface area contributed by atoms with Crippen LogP contribution in [0, 0.1) is 17.6 Å². The zero-order valence-corrected chi connectivity index (χ0v) is 15.0. The van der Waals surface area contributed by atoms with Gasteiger partial charge in [-0.3, -0.25) is 4.79 Å². The average molecular weight is 411 g/mol. The molecule has 6 nitrogen and oxygen atoms in total. The van der Waals surface area contributed by atoms with Crippen LogP contribution in [0.3, 0.4) is 0 Å². The number of benzene rings is 1. The fourth-order valence-electron chi connectivity index (χ4n) is 3.43. The summed E-state index contributed by atoms with van der Waals surface area (Å²) in [6.07, 6.45) is 1.29. The van der Waals surface area contributed by atoms with Gasteiger partial charge in [0.15, 0.2) is 11.5 Å². The van der Waals surface area contributed by atoms with E-state index in [9.17, 15) is 18.0 Å². The summed E-state index contributed by atoms with van der Waals surface area (Å²) in [6.45, 7) is -0.986. The van der Waals surface area contributed by atoms with Gasteiger partial charge in [-0.15, -0.1) is 0 Å². The van der Waals surface area contributed by atoms with Gasteiger partial charge in [0.2, 0.25) is 0 Å². The molecule has 2 heterocycles. The van der Waals surface area contributed by atoms with Crippen molar-refractivity contribution in [1.82, 2.24) is 4.98 Å². The van der Waals surface area contributed by atoms with E-state index in [0.29, 0.717) is 6.42 Å². The van der Waals surface area contributed by atoms with Gasteiger partial charge < -0.3 is 15.8 Å². The Balaban J connectivity index is 1.68. The normalized spacial score (nSPS) is 25.4. The fraction of sp³-hybridized carbons (Fsp3) is 0.278. The summed E-state index contributed by atoms with van der Waals surface area (Å²) < 4.78 is 47.8. The first-order valence-electron chi connectivity index (χ1n) is 8.34. The maximum atomic E-state index is 14.6. The van der Waals surface area contributed by atoms with Crippen molar-refractivity contribution >= 4 is 29.2 Å². The van der Waals surface area contributed by atoms with Crippen LogP contribution < -0.4 is 11.1 Å². The highest BCUT2D eigenvalue weighted by Crippen LogP contribution is 2.53. The van der Waals surface area contributed by atoms with E-state index in [1.807, 2.05) is 0 Å². The number of alkyl halides is 1. The Morgan fingerprint density at radius 2 is 2.14 bits per heavy atom. The van der Waals surface area contributed by atoms with Crippen molar-refractivity contribution in [2.24, 2.45) is 16.6 Å². The number of rotatable bonds is 4. The van der Waals surface area contributed by atoms with Crippen molar-refractivity contribution in [2.75, 3.05) is 12.0 Å². The molecule has 10 heteroatoms. The van der Waals surface area contributed by atoms with Gasteiger partial charge in [-0.05, 0) is 30.7 Å². The van der Waals surface area contributed by atoms with E-state index in [-0.39, 0.29) is 34.3 Å². The molecule has 1 aliphatic heterocycles. The van der Waals surface area contributed by atoms with Crippen LogP contribution in [0.2, 0.25) is 5.02 Å². The number of carbonyl (C=O) groups is 1. The molecule has 146 valence electrons. The molecule has 1 aromatic carbocycles. The van der Waals surface area contributed by atoms with Crippen molar-refractivity contribution in [3.8, 4) is 0 Å². The van der Waals surface area contributed by atoms with Gasteiger partial charge in [-0.1, -0.05) is 11.6 Å². The number of anilines is 1. The summed E-state index contributed by atoms with van der Waals surface area (Å²) in [7, 11) is 0. The van der Waals surface area contributed by atoms with Crippen molar-refractivity contribution < 1.29 is 22.7 Å². The van der Waals surface area contributed by atoms with Crippen LogP contribution >= 0.6 is 11.6 Å². The fourth-order valence-corrected chi connectivity index (χ4v) is 3.58. The second-order valence-electron chi connectivity index (χ2n) is 6.64. The van der Waals surface area contributed by atoms with Gasteiger partial charge in [-0.25, -0.2) is 23.1 Å². The molecule has 4 rings (SSSR count). The first-order valence-corrected chi connectivity index (χ1v) is 8.72. The number of hydrogen-bond donors (Lipinski definition) is 2. The van der Waals surface area contributed by atoms with Crippen LogP contribution in [0.4, 0.5) is 18.9 Å². The lowest BCUT2D eigenvalue weighted by Gasteiger charge is -2.31. The quantitative estimate of drug-likeness (QED) is 0.810. The van der Waals surface area contributed by atoms with Crippen LogP contribution in [-0.4, -0.2) is 29.7 Å². The molecule has 0 unspecified atom stereocenters. The first-order chi connectivity index (χ1) is 13.3. The molecule has 1 saturated carbocycles. The number of hydrogen-bond acceptors (Lipinski definition) is 5. The molecule has 2 aromatic rings. The number of ether oxygens (including phenoxy) is 1. The molecule has 1 amide bonds. The molecule has 0 spiro atoms. The zero-order valence-electron chi connectivity index (χ0n) is 14.3. The largest absolute Gasteiger partial charge is 0.462 e. The molecule has 2 aliphatic rings. The topological polar surface area (TPSA) is 89.6 Å². The molecule has 0 radical (unpaired) electrons. The summed E-state index contributed by atoms with van der Waals surface area (Å²) in [5.41, 5.74) is 3.68. The van der Waals surface area contributed by atoms with Gasteiger partial charge in [0.1, 0.15) is 24.1 Å². The summed E-state index contributed by atoms with van der Waals surface area (Å²) in [4.78, 5) is 20.0. The van der Waals surface area contributed by atoms with Crippen molar-refractivity contribution in [1.29, 1.82) is 0 Å². The van der Waals surface area contributed by atoms with E-state index in [4.69, 9.17) is 22.1 Å². The maximum Gasteiger partial charge on any atom is 0.283 e. The van der Waals surface area contributed by atoms with E-state index in [1.54, 1.807) is 0 Å². The standard InChI is InChI=1S/C18H14ClF3N4O2/c19-8-3-13(22)15(24-6-8)16(27)25-9-1-2-12(21)10(4-9)18(7-20)11-5-14(11)28-17(23)26-18/h1-4,6,11,14H,5,7H2,(H2,23,26)(H,25,27)/t11-,14+,18+/m0/s1. The molecular weight excluding hydrogens is 397 g/mol. The SMILES string of the molecule is NC1=N[C@](CF)(c2cc(NC(=O)c3ncc(Cl)cc3F)ccc2F)[C@H]2C[C@H]2O1. The number of nitrogens with two attached hydrogens (primary N) is 1. The number of aromatic nitrogens is 1. The third-order valence-corrected chi connectivity index (χ3v) is 5.05. The summed E-state index contributed by atoms with van der Waals surface area (Å²) in [5, 5.41) is 2.46. The van der Waals surface area contributed by atoms with Gasteiger partial charge >= 0.3 is 0 Å². The average Bonchev–Trinajstić information content (AvgIpc) is 3.42. The Kier molecular flexibility index (Phi) is 4.41. The number of aliphatic imine (C=N–C) groups is 1. The van der Waals surface area contributed by atoms with Crippen LogP contribution in [-0.2, 0) is 10.3 Å². The number of amidine groups is 1. The summed E-state index contributed by atoms with van der Waals surface area (Å²) in [5.74, 6) is -2.83. The third kappa shape index (κ3) is 3.05. The number of pyridine rings is 1. The maximum absolute atomic E-state index is 14.6. The molecule has 0 bridgehead atoms. The van der Waals surface area contributed by atoms with E-state index < -0.39 is 35.4 Å². The Morgan fingerprint density at radius 1 is 1.36 bits per heavy atom. The lowest BCUT2D eigenvalue weighted by Crippen LogP contribution is -2.39. The second-order valence-corrected chi connectivity index (χ2v) is 7.08. The molecular formula is C18H14ClF3N4O2. The minimum Gasteiger partial charge on any atom is -0.462 e. The van der Waals surface area contributed by atoms with Crippen molar-refractivity contribution in [2.45, 2.75) is 18.1 Å². The number of halogens is 4. The summed E-state index contributed by atoms with van der Waals surface area (Å²) in [6, 6.07) is 4.35. The number of carbonyl (C=O) groups excluding carboxylic acids is 1. The highest BCUT2D eigenvalue weighted by atomic mass is 35.5. The van der Waals surface area contributed by atoms with E-state index in [1.165, 1.54) is 12.1 Å². The number of fused-ring (bicyclic) bond motifs is 1. The molecule has 3 atom stereocenters. The Labute approximate surface area is 162 Å². The van der Waals surface area contributed by atoms with Gasteiger partial charge in [0.05, 0.1) is 5.02 Å². The van der Waals surface area contributed by atoms with Gasteiger partial charge in [0, 0.05) is 23.4 Å². The van der Waals surface area contributed by atoms with E-state index in [0.717, 1.165) is 18.3 Å².